The zero-order valence-corrected chi connectivity index (χ0v) is 14.2. The molecule has 2 aromatic heterocycles. The number of aromatic nitrogens is 1. The van der Waals surface area contributed by atoms with E-state index in [2.05, 4.69) is 27.3 Å². The molecule has 3 aromatic rings. The Hall–Kier alpha value is -1.98. The van der Waals surface area contributed by atoms with Crippen molar-refractivity contribution in [1.29, 1.82) is 0 Å². The number of nitrogens with one attached hydrogen (secondary N) is 1. The zero-order valence-electron chi connectivity index (χ0n) is 13.4. The lowest BCUT2D eigenvalue weighted by atomic mass is 9.84. The molecule has 1 aromatic carbocycles. The average molecular weight is 337 g/mol. The number of thiophene rings is 1. The van der Waals surface area contributed by atoms with Gasteiger partial charge in [0.2, 0.25) is 0 Å². The predicted octanol–water partition coefficient (Wildman–Crippen LogP) is 3.27. The molecule has 1 amide bonds. The Kier molecular flexibility index (Phi) is 3.31. The van der Waals surface area contributed by atoms with E-state index in [1.165, 1.54) is 36.0 Å². The summed E-state index contributed by atoms with van der Waals surface area (Å²) in [5.74, 6) is 0.597. The number of carbonyl (C=O) groups is 1. The third-order valence-corrected chi connectivity index (χ3v) is 6.60. The second-order valence-electron chi connectivity index (χ2n) is 6.88. The Labute approximate surface area is 144 Å². The van der Waals surface area contributed by atoms with Crippen LogP contribution >= 0.6 is 11.3 Å². The minimum Gasteiger partial charge on any atom is -0.346 e. The van der Waals surface area contributed by atoms with Crippen LogP contribution in [-0.2, 0) is 0 Å². The Bertz CT molecular complexity index is 927. The van der Waals surface area contributed by atoms with Gasteiger partial charge in [-0.3, -0.25) is 9.78 Å². The third kappa shape index (κ3) is 2.31. The molecule has 3 fully saturated rings. The highest BCUT2D eigenvalue weighted by molar-refractivity contribution is 7.25. The van der Waals surface area contributed by atoms with Crippen LogP contribution < -0.4 is 5.32 Å². The molecule has 0 radical (unpaired) electrons. The van der Waals surface area contributed by atoms with E-state index in [0.717, 1.165) is 16.6 Å². The zero-order chi connectivity index (χ0) is 16.1. The van der Waals surface area contributed by atoms with Crippen molar-refractivity contribution in [3.63, 3.8) is 0 Å². The predicted molar refractivity (Wildman–Crippen MR) is 97.5 cm³/mol. The second kappa shape index (κ2) is 5.53. The van der Waals surface area contributed by atoms with E-state index in [1.54, 1.807) is 11.3 Å². The lowest BCUT2D eigenvalue weighted by Gasteiger charge is -2.44. The van der Waals surface area contributed by atoms with Crippen LogP contribution in [0.5, 0.6) is 0 Å². The van der Waals surface area contributed by atoms with Crippen molar-refractivity contribution < 1.29 is 4.79 Å². The van der Waals surface area contributed by atoms with Gasteiger partial charge in [-0.15, -0.1) is 11.3 Å². The maximum Gasteiger partial charge on any atom is 0.270 e. The minimum absolute atomic E-state index is 0.0342. The van der Waals surface area contributed by atoms with Gasteiger partial charge in [0.1, 0.15) is 5.69 Å². The number of benzene rings is 1. The summed E-state index contributed by atoms with van der Waals surface area (Å²) in [7, 11) is 0. The van der Waals surface area contributed by atoms with Gasteiger partial charge in [0.05, 0.1) is 0 Å². The smallest absolute Gasteiger partial charge is 0.270 e. The van der Waals surface area contributed by atoms with Crippen LogP contribution in [0.3, 0.4) is 0 Å². The summed E-state index contributed by atoms with van der Waals surface area (Å²) in [6, 6.07) is 10.5. The Morgan fingerprint density at radius 3 is 2.79 bits per heavy atom. The SMILES string of the molecule is O=C(N[C@H]1CN2CCC1CC2)c1cc2sc3ccccc3c2cn1. The molecular weight excluding hydrogens is 318 g/mol. The molecule has 0 unspecified atom stereocenters. The number of carbonyl (C=O) groups excluding carboxylic acids is 1. The monoisotopic (exact) mass is 337 g/mol. The van der Waals surface area contributed by atoms with E-state index in [-0.39, 0.29) is 11.9 Å². The van der Waals surface area contributed by atoms with Gasteiger partial charge in [-0.2, -0.15) is 0 Å². The van der Waals surface area contributed by atoms with Crippen LogP contribution in [0.15, 0.2) is 36.5 Å². The van der Waals surface area contributed by atoms with E-state index in [9.17, 15) is 4.79 Å². The van der Waals surface area contributed by atoms with Crippen LogP contribution in [0.4, 0.5) is 0 Å². The molecule has 4 nitrogen and oxygen atoms in total. The van der Waals surface area contributed by atoms with Crippen molar-refractivity contribution in [3.05, 3.63) is 42.2 Å². The van der Waals surface area contributed by atoms with E-state index in [4.69, 9.17) is 0 Å². The molecule has 122 valence electrons. The molecule has 6 rings (SSSR count). The highest BCUT2D eigenvalue weighted by Crippen LogP contribution is 2.33. The van der Waals surface area contributed by atoms with Gasteiger partial charge in [0, 0.05) is 39.0 Å². The number of hydrogen-bond acceptors (Lipinski definition) is 4. The molecular formula is C19H19N3OS. The fourth-order valence-corrected chi connectivity index (χ4v) is 5.23. The lowest BCUT2D eigenvalue weighted by molar-refractivity contribution is 0.0618. The van der Waals surface area contributed by atoms with Gasteiger partial charge < -0.3 is 10.2 Å². The van der Waals surface area contributed by atoms with Crippen LogP contribution in [0, 0.1) is 5.92 Å². The van der Waals surface area contributed by atoms with Gasteiger partial charge in [0.15, 0.2) is 0 Å². The van der Waals surface area contributed by atoms with Crippen LogP contribution in [0.2, 0.25) is 0 Å². The standard InChI is InChI=1S/C19H19N3OS/c23-19(21-16-11-22-7-5-12(16)6-8-22)15-9-18-14(10-20-15)13-3-1-2-4-17(13)24-18/h1-4,9-10,12,16H,5-8,11H2,(H,21,23)/t16-/m0/s1. The number of fused-ring (bicyclic) bond motifs is 6. The van der Waals surface area contributed by atoms with E-state index >= 15 is 0 Å². The van der Waals surface area contributed by atoms with E-state index < -0.39 is 0 Å². The fraction of sp³-hybridized carbons (Fsp3) is 0.368. The van der Waals surface area contributed by atoms with E-state index in [0.29, 0.717) is 11.6 Å². The van der Waals surface area contributed by atoms with Crippen molar-refractivity contribution in [1.82, 2.24) is 15.2 Å². The van der Waals surface area contributed by atoms with Crippen molar-refractivity contribution in [3.8, 4) is 0 Å². The topological polar surface area (TPSA) is 45.2 Å². The normalized spacial score (nSPS) is 26.1. The molecule has 3 saturated heterocycles. The maximum absolute atomic E-state index is 12.7. The number of piperidine rings is 3. The molecule has 0 spiro atoms. The third-order valence-electron chi connectivity index (χ3n) is 5.47. The highest BCUT2D eigenvalue weighted by Gasteiger charge is 2.35. The van der Waals surface area contributed by atoms with Crippen LogP contribution in [0.25, 0.3) is 20.2 Å². The lowest BCUT2D eigenvalue weighted by Crippen LogP contribution is -2.57. The number of hydrogen-bond donors (Lipinski definition) is 1. The quantitative estimate of drug-likeness (QED) is 0.780. The number of amides is 1. The average Bonchev–Trinajstić information content (AvgIpc) is 3.00. The van der Waals surface area contributed by atoms with Crippen LogP contribution in [0.1, 0.15) is 23.3 Å². The van der Waals surface area contributed by atoms with Crippen molar-refractivity contribution in [2.24, 2.45) is 5.92 Å². The van der Waals surface area contributed by atoms with Crippen molar-refractivity contribution in [2.75, 3.05) is 19.6 Å². The number of nitrogens with zero attached hydrogens (tertiary/aromatic N) is 2. The first-order chi connectivity index (χ1) is 11.8. The summed E-state index contributed by atoms with van der Waals surface area (Å²) >= 11 is 1.72. The molecule has 0 saturated carbocycles. The fourth-order valence-electron chi connectivity index (χ4n) is 4.12. The van der Waals surface area contributed by atoms with Gasteiger partial charge in [-0.05, 0) is 44.0 Å². The van der Waals surface area contributed by atoms with Crippen molar-refractivity contribution in [2.45, 2.75) is 18.9 Å². The van der Waals surface area contributed by atoms with Gasteiger partial charge in [0.25, 0.3) is 5.91 Å². The first kappa shape index (κ1) is 14.4. The molecule has 0 aliphatic carbocycles. The maximum atomic E-state index is 12.7. The molecule has 24 heavy (non-hydrogen) atoms. The molecule has 5 heteroatoms. The molecule has 1 N–H and O–H groups in total. The van der Waals surface area contributed by atoms with Gasteiger partial charge >= 0.3 is 0 Å². The number of pyridine rings is 1. The first-order valence-corrected chi connectivity index (χ1v) is 9.40. The summed E-state index contributed by atoms with van der Waals surface area (Å²) in [5, 5.41) is 5.58. The first-order valence-electron chi connectivity index (χ1n) is 8.58. The van der Waals surface area contributed by atoms with Gasteiger partial charge in [-0.1, -0.05) is 18.2 Å². The largest absolute Gasteiger partial charge is 0.346 e. The summed E-state index contributed by atoms with van der Waals surface area (Å²) in [5.41, 5.74) is 0.533. The number of rotatable bonds is 2. The highest BCUT2D eigenvalue weighted by atomic mass is 32.1. The summed E-state index contributed by atoms with van der Waals surface area (Å²) in [6.45, 7) is 3.35. The molecule has 2 bridgehead atoms. The second-order valence-corrected chi connectivity index (χ2v) is 7.97. The van der Waals surface area contributed by atoms with Gasteiger partial charge in [-0.25, -0.2) is 0 Å². The minimum atomic E-state index is -0.0342. The molecule has 5 heterocycles. The van der Waals surface area contributed by atoms with Crippen LogP contribution in [-0.4, -0.2) is 41.5 Å². The Morgan fingerprint density at radius 2 is 2.00 bits per heavy atom. The molecule has 3 aliphatic heterocycles. The summed E-state index contributed by atoms with van der Waals surface area (Å²) < 4.78 is 2.37. The summed E-state index contributed by atoms with van der Waals surface area (Å²) in [6.07, 6.45) is 4.25. The van der Waals surface area contributed by atoms with E-state index in [1.807, 2.05) is 24.4 Å². The molecule has 3 aliphatic rings. The Morgan fingerprint density at radius 1 is 1.17 bits per heavy atom. The molecule has 1 atom stereocenters. The Balaban J connectivity index is 1.43. The summed E-state index contributed by atoms with van der Waals surface area (Å²) in [4.78, 5) is 19.6. The van der Waals surface area contributed by atoms with Crippen molar-refractivity contribution >= 4 is 37.4 Å².